The van der Waals surface area contributed by atoms with Crippen LogP contribution in [0.15, 0.2) is 47.3 Å². The number of nitrogens with zero attached hydrogens (tertiary/aromatic N) is 3. The molecule has 0 atom stereocenters. The molecule has 1 N–H and O–H groups in total. The van der Waals surface area contributed by atoms with E-state index in [2.05, 4.69) is 56.2 Å². The molecular weight excluding hydrogens is 300 g/mol. The molecule has 2 aromatic rings. The fourth-order valence-corrected chi connectivity index (χ4v) is 2.87. The topological polar surface area (TPSA) is 52.2 Å². The molecule has 0 amide bonds. The summed E-state index contributed by atoms with van der Waals surface area (Å²) in [6, 6.07) is 11.9. The van der Waals surface area contributed by atoms with Gasteiger partial charge in [-0.15, -0.1) is 0 Å². The number of rotatable bonds is 5. The van der Waals surface area contributed by atoms with Gasteiger partial charge in [0.25, 0.3) is 5.56 Å². The summed E-state index contributed by atoms with van der Waals surface area (Å²) in [5.74, 6) is 0.707. The Hall–Kier alpha value is -2.40. The van der Waals surface area contributed by atoms with Crippen molar-refractivity contribution < 1.29 is 0 Å². The van der Waals surface area contributed by atoms with E-state index in [-0.39, 0.29) is 5.56 Å². The Morgan fingerprint density at radius 2 is 1.92 bits per heavy atom. The summed E-state index contributed by atoms with van der Waals surface area (Å²) in [5, 5.41) is 0. The van der Waals surface area contributed by atoms with Crippen LogP contribution in [0.25, 0.3) is 6.08 Å². The van der Waals surface area contributed by atoms with Gasteiger partial charge in [0.15, 0.2) is 0 Å². The molecule has 1 fully saturated rings. The second kappa shape index (κ2) is 7.93. The molecule has 0 bridgehead atoms. The van der Waals surface area contributed by atoms with Crippen LogP contribution in [-0.2, 0) is 6.42 Å². The standard InChI is InChI=1S/C19H24N4O/c1-2-17-15-18(24)21-19(20-17)23-13-11-22(12-14-23)10-6-9-16-7-4-3-5-8-16/h3-9,15H,2,10-14H2,1H3,(H,20,21,24)/b9-6+. The molecule has 0 spiro atoms. The second-order valence-corrected chi connectivity index (χ2v) is 6.01. The molecule has 0 radical (unpaired) electrons. The van der Waals surface area contributed by atoms with E-state index in [1.54, 1.807) is 6.07 Å². The fourth-order valence-electron chi connectivity index (χ4n) is 2.87. The van der Waals surface area contributed by atoms with Crippen LogP contribution >= 0.6 is 0 Å². The Bertz CT molecular complexity index is 731. The van der Waals surface area contributed by atoms with Gasteiger partial charge in [-0.2, -0.15) is 0 Å². The number of hydrogen-bond acceptors (Lipinski definition) is 4. The van der Waals surface area contributed by atoms with Gasteiger partial charge < -0.3 is 4.90 Å². The van der Waals surface area contributed by atoms with Crippen molar-refractivity contribution in [2.75, 3.05) is 37.6 Å². The Labute approximate surface area is 142 Å². The molecule has 3 rings (SSSR count). The summed E-state index contributed by atoms with van der Waals surface area (Å²) >= 11 is 0. The summed E-state index contributed by atoms with van der Waals surface area (Å²) < 4.78 is 0. The average molecular weight is 324 g/mol. The number of aromatic nitrogens is 2. The summed E-state index contributed by atoms with van der Waals surface area (Å²) in [4.78, 5) is 23.7. The van der Waals surface area contributed by atoms with E-state index in [1.165, 1.54) is 5.56 Å². The number of nitrogens with one attached hydrogen (secondary N) is 1. The molecule has 1 aliphatic heterocycles. The second-order valence-electron chi connectivity index (χ2n) is 6.01. The van der Waals surface area contributed by atoms with E-state index in [0.29, 0.717) is 5.95 Å². The van der Waals surface area contributed by atoms with Gasteiger partial charge in [-0.25, -0.2) is 4.98 Å². The first-order chi connectivity index (χ1) is 11.7. The van der Waals surface area contributed by atoms with Crippen LogP contribution in [0.1, 0.15) is 18.2 Å². The number of piperazine rings is 1. The van der Waals surface area contributed by atoms with Gasteiger partial charge in [-0.05, 0) is 12.0 Å². The van der Waals surface area contributed by atoms with Crippen molar-refractivity contribution >= 4 is 12.0 Å². The number of H-pyrrole nitrogens is 1. The molecule has 1 aromatic carbocycles. The third kappa shape index (κ3) is 4.32. The van der Waals surface area contributed by atoms with Gasteiger partial charge in [0.05, 0.1) is 0 Å². The van der Waals surface area contributed by atoms with Gasteiger partial charge >= 0.3 is 0 Å². The lowest BCUT2D eigenvalue weighted by Crippen LogP contribution is -2.47. The van der Waals surface area contributed by atoms with E-state index < -0.39 is 0 Å². The van der Waals surface area contributed by atoms with E-state index in [0.717, 1.165) is 44.8 Å². The first-order valence-electron chi connectivity index (χ1n) is 8.54. The van der Waals surface area contributed by atoms with Crippen molar-refractivity contribution in [3.8, 4) is 0 Å². The highest BCUT2D eigenvalue weighted by Crippen LogP contribution is 2.10. The Balaban J connectivity index is 1.53. The van der Waals surface area contributed by atoms with Gasteiger partial charge in [-0.1, -0.05) is 49.4 Å². The lowest BCUT2D eigenvalue weighted by molar-refractivity contribution is 0.283. The third-order valence-corrected chi connectivity index (χ3v) is 4.29. The first kappa shape index (κ1) is 16.5. The lowest BCUT2D eigenvalue weighted by Gasteiger charge is -2.34. The molecule has 1 aliphatic rings. The van der Waals surface area contributed by atoms with E-state index >= 15 is 0 Å². The van der Waals surface area contributed by atoms with Gasteiger partial charge in [0, 0.05) is 44.5 Å². The van der Waals surface area contributed by atoms with Crippen LogP contribution in [0.3, 0.4) is 0 Å². The third-order valence-electron chi connectivity index (χ3n) is 4.29. The molecule has 2 heterocycles. The van der Waals surface area contributed by atoms with Crippen molar-refractivity contribution in [2.24, 2.45) is 0 Å². The van der Waals surface area contributed by atoms with E-state index in [9.17, 15) is 4.79 Å². The molecule has 24 heavy (non-hydrogen) atoms. The lowest BCUT2D eigenvalue weighted by atomic mass is 10.2. The van der Waals surface area contributed by atoms with Crippen molar-refractivity contribution in [3.05, 3.63) is 64.1 Å². The fraction of sp³-hybridized carbons (Fsp3) is 0.368. The zero-order valence-corrected chi connectivity index (χ0v) is 14.1. The number of aromatic amines is 1. The van der Waals surface area contributed by atoms with E-state index in [1.807, 2.05) is 13.0 Å². The average Bonchev–Trinajstić information content (AvgIpc) is 2.62. The number of aryl methyl sites for hydroxylation is 1. The smallest absolute Gasteiger partial charge is 0.252 e. The molecule has 5 nitrogen and oxygen atoms in total. The zero-order valence-electron chi connectivity index (χ0n) is 14.1. The van der Waals surface area contributed by atoms with Crippen LogP contribution < -0.4 is 10.5 Å². The molecule has 5 heteroatoms. The van der Waals surface area contributed by atoms with Crippen molar-refractivity contribution in [3.63, 3.8) is 0 Å². The maximum absolute atomic E-state index is 11.7. The Kier molecular flexibility index (Phi) is 5.43. The maximum Gasteiger partial charge on any atom is 0.252 e. The quantitative estimate of drug-likeness (QED) is 0.916. The van der Waals surface area contributed by atoms with Crippen LogP contribution in [0, 0.1) is 0 Å². The SMILES string of the molecule is CCc1cc(=O)[nH]c(N2CCN(C/C=C/c3ccccc3)CC2)n1. The highest BCUT2D eigenvalue weighted by molar-refractivity contribution is 5.48. The van der Waals surface area contributed by atoms with Crippen molar-refractivity contribution in [1.29, 1.82) is 0 Å². The van der Waals surface area contributed by atoms with E-state index in [4.69, 9.17) is 0 Å². The first-order valence-corrected chi connectivity index (χ1v) is 8.54. The number of benzene rings is 1. The largest absolute Gasteiger partial charge is 0.340 e. The summed E-state index contributed by atoms with van der Waals surface area (Å²) in [5.41, 5.74) is 2.02. The Morgan fingerprint density at radius 1 is 1.17 bits per heavy atom. The van der Waals surface area contributed by atoms with Crippen LogP contribution in [0.2, 0.25) is 0 Å². The van der Waals surface area contributed by atoms with Gasteiger partial charge in [-0.3, -0.25) is 14.7 Å². The zero-order chi connectivity index (χ0) is 16.8. The molecule has 1 saturated heterocycles. The van der Waals surface area contributed by atoms with Crippen LogP contribution in [0.4, 0.5) is 5.95 Å². The minimum Gasteiger partial charge on any atom is -0.340 e. The van der Waals surface area contributed by atoms with Gasteiger partial charge in [0.1, 0.15) is 0 Å². The maximum atomic E-state index is 11.7. The normalized spacial score (nSPS) is 16.0. The monoisotopic (exact) mass is 324 g/mol. The molecule has 0 saturated carbocycles. The summed E-state index contributed by atoms with van der Waals surface area (Å²) in [7, 11) is 0. The predicted octanol–water partition coefficient (Wildman–Crippen LogP) is 2.17. The number of anilines is 1. The highest BCUT2D eigenvalue weighted by atomic mass is 16.1. The molecular formula is C19H24N4O. The summed E-state index contributed by atoms with van der Waals surface area (Å²) in [6.45, 7) is 6.67. The molecule has 0 unspecified atom stereocenters. The highest BCUT2D eigenvalue weighted by Gasteiger charge is 2.18. The minimum atomic E-state index is -0.0647. The molecule has 0 aliphatic carbocycles. The summed E-state index contributed by atoms with van der Waals surface area (Å²) in [6.07, 6.45) is 5.15. The van der Waals surface area contributed by atoms with Crippen LogP contribution in [-0.4, -0.2) is 47.6 Å². The minimum absolute atomic E-state index is 0.0647. The van der Waals surface area contributed by atoms with Crippen molar-refractivity contribution in [2.45, 2.75) is 13.3 Å². The van der Waals surface area contributed by atoms with Crippen molar-refractivity contribution in [1.82, 2.24) is 14.9 Å². The molecule has 126 valence electrons. The molecule has 1 aromatic heterocycles. The Morgan fingerprint density at radius 3 is 2.62 bits per heavy atom. The van der Waals surface area contributed by atoms with Crippen LogP contribution in [0.5, 0.6) is 0 Å². The predicted molar refractivity (Wildman–Crippen MR) is 98.4 cm³/mol. The van der Waals surface area contributed by atoms with Gasteiger partial charge in [0.2, 0.25) is 5.95 Å². The number of hydrogen-bond donors (Lipinski definition) is 1.